The first-order chi connectivity index (χ1) is 11.4. The second-order valence-electron chi connectivity index (χ2n) is 7.74. The van der Waals surface area contributed by atoms with E-state index in [1.54, 1.807) is 6.08 Å². The predicted molar refractivity (Wildman–Crippen MR) is 104 cm³/mol. The summed E-state index contributed by atoms with van der Waals surface area (Å²) >= 11 is 0. The lowest BCUT2D eigenvalue weighted by atomic mass is 9.77. The van der Waals surface area contributed by atoms with Gasteiger partial charge in [0.05, 0.1) is 6.33 Å². The summed E-state index contributed by atoms with van der Waals surface area (Å²) in [7, 11) is 0. The summed E-state index contributed by atoms with van der Waals surface area (Å²) < 4.78 is 12.2. The summed E-state index contributed by atoms with van der Waals surface area (Å²) in [5, 5.41) is 0. The quantitative estimate of drug-likeness (QED) is 0.543. The summed E-state index contributed by atoms with van der Waals surface area (Å²) in [5.41, 5.74) is 10.1. The minimum Gasteiger partial charge on any atom is -0.216 e. The number of halogens is 1. The van der Waals surface area contributed by atoms with Crippen molar-refractivity contribution in [2.75, 3.05) is 0 Å². The normalized spacial score (nSPS) is 22.4. The molecule has 1 aliphatic carbocycles. The Morgan fingerprint density at radius 1 is 0.875 bits per heavy atom. The molecular weight excluding hydrogens is 295 g/mol. The zero-order valence-electron chi connectivity index (χ0n) is 16.3. The summed E-state index contributed by atoms with van der Waals surface area (Å²) in [4.78, 5) is 0. The Kier molecular flexibility index (Phi) is 6.43. The van der Waals surface area contributed by atoms with E-state index in [1.165, 1.54) is 64.6 Å². The van der Waals surface area contributed by atoms with Gasteiger partial charge in [-0.2, -0.15) is 0 Å². The fourth-order valence-electron chi connectivity index (χ4n) is 4.19. The Morgan fingerprint density at radius 2 is 1.38 bits per heavy atom. The lowest BCUT2D eigenvalue weighted by molar-refractivity contribution is 0.303. The van der Waals surface area contributed by atoms with Crippen molar-refractivity contribution in [3.63, 3.8) is 0 Å². The Bertz CT molecular complexity index is 611. The van der Waals surface area contributed by atoms with Crippen molar-refractivity contribution in [2.45, 2.75) is 73.6 Å². The summed E-state index contributed by atoms with van der Waals surface area (Å²) in [6.07, 6.45) is 10.7. The molecule has 0 nitrogen and oxygen atoms in total. The standard InChI is InChI=1S/C23H33F/c1-15(22-11-9-21(10-12-22)8-7-13-24)14-23-19(5)17(3)16(2)18(4)20(23)6/h7,13-14,21-22H,8-12H2,1-6H3/b13-7+,15-14?. The van der Waals surface area contributed by atoms with Crippen LogP contribution in [0.15, 0.2) is 18.0 Å². The van der Waals surface area contributed by atoms with Crippen molar-refractivity contribution in [1.82, 2.24) is 0 Å². The average Bonchev–Trinajstić information content (AvgIpc) is 2.60. The molecule has 1 heteroatoms. The molecule has 0 aromatic heterocycles. The molecule has 0 unspecified atom stereocenters. The van der Waals surface area contributed by atoms with Crippen molar-refractivity contribution >= 4 is 6.08 Å². The molecule has 1 aromatic carbocycles. The third-order valence-electron chi connectivity index (χ3n) is 6.48. The zero-order valence-corrected chi connectivity index (χ0v) is 16.3. The highest BCUT2D eigenvalue weighted by Gasteiger charge is 2.22. The fraction of sp³-hybridized carbons (Fsp3) is 0.565. The first kappa shape index (κ1) is 19.0. The van der Waals surface area contributed by atoms with Crippen molar-refractivity contribution in [3.8, 4) is 0 Å². The maximum atomic E-state index is 12.2. The summed E-state index contributed by atoms with van der Waals surface area (Å²) in [6, 6.07) is 0. The Hall–Kier alpha value is -1.37. The highest BCUT2D eigenvalue weighted by molar-refractivity contribution is 5.65. The van der Waals surface area contributed by atoms with Crippen LogP contribution in [0.2, 0.25) is 0 Å². The van der Waals surface area contributed by atoms with Gasteiger partial charge >= 0.3 is 0 Å². The van der Waals surface area contributed by atoms with Gasteiger partial charge in [0.25, 0.3) is 0 Å². The molecule has 1 saturated carbocycles. The van der Waals surface area contributed by atoms with Gasteiger partial charge in [-0.1, -0.05) is 17.7 Å². The molecule has 0 N–H and O–H groups in total. The van der Waals surface area contributed by atoms with E-state index >= 15 is 0 Å². The van der Waals surface area contributed by atoms with E-state index in [2.05, 4.69) is 47.6 Å². The van der Waals surface area contributed by atoms with Gasteiger partial charge in [0.2, 0.25) is 0 Å². The summed E-state index contributed by atoms with van der Waals surface area (Å²) in [6.45, 7) is 13.5. The van der Waals surface area contributed by atoms with E-state index in [4.69, 9.17) is 0 Å². The van der Waals surface area contributed by atoms with Crippen LogP contribution in [0.3, 0.4) is 0 Å². The van der Waals surface area contributed by atoms with E-state index in [0.717, 1.165) is 6.42 Å². The monoisotopic (exact) mass is 328 g/mol. The maximum absolute atomic E-state index is 12.2. The SMILES string of the molecule is CC(=Cc1c(C)c(C)c(C)c(C)c1C)C1CCC(C/C=C/F)CC1. The molecule has 0 amide bonds. The van der Waals surface area contributed by atoms with Gasteiger partial charge < -0.3 is 0 Å². The van der Waals surface area contributed by atoms with Gasteiger partial charge in [-0.3, -0.25) is 0 Å². The molecule has 0 spiro atoms. The minimum absolute atomic E-state index is 0.674. The van der Waals surface area contributed by atoms with E-state index < -0.39 is 0 Å². The van der Waals surface area contributed by atoms with Gasteiger partial charge in [0.15, 0.2) is 0 Å². The minimum atomic E-state index is 0.674. The molecule has 132 valence electrons. The Morgan fingerprint density at radius 3 is 1.88 bits per heavy atom. The van der Waals surface area contributed by atoms with Crippen LogP contribution < -0.4 is 0 Å². The number of hydrogen-bond donors (Lipinski definition) is 0. The lowest BCUT2D eigenvalue weighted by Crippen LogP contribution is -2.15. The first-order valence-electron chi connectivity index (χ1n) is 9.37. The first-order valence-corrected chi connectivity index (χ1v) is 9.37. The van der Waals surface area contributed by atoms with Gasteiger partial charge in [-0.15, -0.1) is 0 Å². The molecule has 2 rings (SSSR count). The molecule has 0 saturated heterocycles. The van der Waals surface area contributed by atoms with Gasteiger partial charge in [-0.25, -0.2) is 4.39 Å². The second kappa shape index (κ2) is 8.14. The van der Waals surface area contributed by atoms with Crippen LogP contribution in [0.5, 0.6) is 0 Å². The van der Waals surface area contributed by atoms with Crippen LogP contribution in [0.1, 0.15) is 72.4 Å². The highest BCUT2D eigenvalue weighted by atomic mass is 19.1. The third-order valence-corrected chi connectivity index (χ3v) is 6.48. The molecule has 0 radical (unpaired) electrons. The van der Waals surface area contributed by atoms with Gasteiger partial charge in [0, 0.05) is 0 Å². The molecule has 1 fully saturated rings. The summed E-state index contributed by atoms with van der Waals surface area (Å²) in [5.74, 6) is 1.37. The van der Waals surface area contributed by atoms with Crippen LogP contribution in [0, 0.1) is 46.5 Å². The van der Waals surface area contributed by atoms with Crippen molar-refractivity contribution in [3.05, 3.63) is 51.4 Å². The lowest BCUT2D eigenvalue weighted by Gasteiger charge is -2.29. The average molecular weight is 329 g/mol. The largest absolute Gasteiger partial charge is 0.216 e. The number of benzene rings is 1. The van der Waals surface area contributed by atoms with Gasteiger partial charge in [-0.05, 0) is 119 Å². The molecule has 0 atom stereocenters. The fourth-order valence-corrected chi connectivity index (χ4v) is 4.19. The molecule has 0 bridgehead atoms. The van der Waals surface area contributed by atoms with E-state index in [1.807, 2.05) is 0 Å². The van der Waals surface area contributed by atoms with E-state index in [0.29, 0.717) is 18.2 Å². The number of hydrogen-bond acceptors (Lipinski definition) is 0. The predicted octanol–water partition coefficient (Wildman–Crippen LogP) is 7.31. The van der Waals surface area contributed by atoms with E-state index in [9.17, 15) is 4.39 Å². The molecule has 24 heavy (non-hydrogen) atoms. The van der Waals surface area contributed by atoms with Crippen LogP contribution in [0.4, 0.5) is 4.39 Å². The van der Waals surface area contributed by atoms with Crippen LogP contribution in [0.25, 0.3) is 6.08 Å². The Balaban J connectivity index is 2.18. The van der Waals surface area contributed by atoms with Crippen LogP contribution >= 0.6 is 0 Å². The Labute approximate surface area is 147 Å². The van der Waals surface area contributed by atoms with E-state index in [-0.39, 0.29) is 0 Å². The smallest absolute Gasteiger partial charge is 0.0827 e. The second-order valence-corrected chi connectivity index (χ2v) is 7.74. The van der Waals surface area contributed by atoms with Crippen molar-refractivity contribution in [2.24, 2.45) is 11.8 Å². The topological polar surface area (TPSA) is 0 Å². The zero-order chi connectivity index (χ0) is 17.9. The maximum Gasteiger partial charge on any atom is 0.0827 e. The van der Waals surface area contributed by atoms with Crippen LogP contribution in [-0.4, -0.2) is 0 Å². The molecule has 1 aromatic rings. The van der Waals surface area contributed by atoms with Crippen molar-refractivity contribution in [1.29, 1.82) is 0 Å². The third kappa shape index (κ3) is 3.99. The van der Waals surface area contributed by atoms with Crippen LogP contribution in [-0.2, 0) is 0 Å². The van der Waals surface area contributed by atoms with Crippen molar-refractivity contribution < 1.29 is 4.39 Å². The van der Waals surface area contributed by atoms with Gasteiger partial charge in [0.1, 0.15) is 0 Å². The number of allylic oxidation sites excluding steroid dienone is 2. The molecule has 1 aliphatic rings. The molecule has 0 heterocycles. The highest BCUT2D eigenvalue weighted by Crippen LogP contribution is 2.36. The molecule has 0 aliphatic heterocycles. The molecular formula is C23H33F. The number of rotatable bonds is 4.